The molecule has 372 valence electrons. The molecule has 14 heteroatoms. The first kappa shape index (κ1) is 67.3. The van der Waals surface area contributed by atoms with Crippen molar-refractivity contribution in [3.8, 4) is 17.2 Å². The van der Waals surface area contributed by atoms with Crippen molar-refractivity contribution in [2.24, 2.45) is 27.9 Å². The van der Waals surface area contributed by atoms with Crippen LogP contribution >= 0.6 is 24.4 Å². The number of nitrogens with zero attached hydrogens (tertiary/aromatic N) is 2. The third-order valence-electron chi connectivity index (χ3n) is 8.39. The maximum absolute atomic E-state index is 9.59. The molecule has 1 amide bonds. The number of thiol groups is 1. The van der Waals surface area contributed by atoms with E-state index in [1.807, 2.05) is 63.9 Å². The smallest absolute Gasteiger partial charge is 0.217 e. The molecule has 0 spiro atoms. The maximum atomic E-state index is 9.59. The third kappa shape index (κ3) is 41.4. The number of anilines is 1. The molecular formula is C52H88N8O4S2. The van der Waals surface area contributed by atoms with Gasteiger partial charge in [-0.2, -0.15) is 24.4 Å². The quantitative estimate of drug-likeness (QED) is 0.0306. The Morgan fingerprint density at radius 1 is 0.742 bits per heavy atom. The molecule has 1 atom stereocenters. The number of para-hydroxylation sites is 1. The number of aliphatic imine (C=N–C) groups is 1. The normalized spacial score (nSPS) is 10.6. The largest absolute Gasteiger partial charge is 0.508 e. The highest BCUT2D eigenvalue weighted by Gasteiger charge is 2.18. The van der Waals surface area contributed by atoms with Crippen molar-refractivity contribution in [1.82, 2.24) is 9.97 Å². The lowest BCUT2D eigenvalue weighted by molar-refractivity contribution is -0.117. The number of amides is 1. The molecular weight excluding hydrogens is 865 g/mol. The second kappa shape index (κ2) is 49.1. The van der Waals surface area contributed by atoms with Gasteiger partial charge in [0.15, 0.2) is 17.5 Å². The minimum absolute atomic E-state index is 0.0423. The van der Waals surface area contributed by atoms with E-state index in [0.29, 0.717) is 18.7 Å². The van der Waals surface area contributed by atoms with Crippen molar-refractivity contribution in [2.75, 3.05) is 42.7 Å². The number of imidazole rings is 1. The van der Waals surface area contributed by atoms with Crippen molar-refractivity contribution in [1.29, 1.82) is 0 Å². The molecule has 1 aliphatic heterocycles. The van der Waals surface area contributed by atoms with Crippen LogP contribution < -0.4 is 28.3 Å². The minimum Gasteiger partial charge on any atom is -0.508 e. The number of rotatable bonds is 8. The molecule has 0 aliphatic carbocycles. The number of carbonyl (C=O) groups excluding carboxylic acids is 1. The predicted octanol–water partition coefficient (Wildman–Crippen LogP) is 10.9. The van der Waals surface area contributed by atoms with Gasteiger partial charge >= 0.3 is 0 Å². The van der Waals surface area contributed by atoms with Crippen molar-refractivity contribution in [3.63, 3.8) is 0 Å². The van der Waals surface area contributed by atoms with Gasteiger partial charge in [-0.1, -0.05) is 129 Å². The fraction of sp³-hybridized carbons (Fsp3) is 0.442. The summed E-state index contributed by atoms with van der Waals surface area (Å²) < 4.78 is 0. The highest BCUT2D eigenvalue weighted by Crippen LogP contribution is 2.32. The van der Waals surface area contributed by atoms with Gasteiger partial charge < -0.3 is 48.6 Å². The number of nitrogens with one attached hydrogen (secondary N) is 2. The summed E-state index contributed by atoms with van der Waals surface area (Å²) in [6.07, 6.45) is 11.4. The molecule has 6 rings (SSSR count). The lowest BCUT2D eigenvalue weighted by atomic mass is 9.99. The average Bonchev–Trinajstić information content (AvgIpc) is 4.03. The standard InChI is InChI=1S/C10H13N.C8H10O2.C8H10O.C8H10.C5H8N2.C3H9N3.C3H7NO.C3H8S.C2H7N.C2H6S/c1-2-8-7-11-10-6-4-3-5-9(8)10;1-2-6-3-4-7(9)8(10)5-6;1-2-7-3-5-8(9)6-4-7;1-2-8-6-4-3-5-7-8;1-2-5-3-6-4-7-5;1-2-6-3(4)5;1-2-3(4)5;1-3-4-2;2*1-2-3/h3-6,8,11H,2,7H2,1H3;3-5,9-10H,2H2,1H3;3-6,9H,2H2,1H3;3-7H,2H2,1H3;3-4H,2H2,1H3,(H,6,7);2H2,1H3,(H4,4,5,6);2H2,1H3,(H2,4,5);3H2,1-2H3;2-3H2,1H3;3H,2H2,1H3. The van der Waals surface area contributed by atoms with Crippen LogP contribution in [0.2, 0.25) is 0 Å². The number of carbonyl (C=O) groups is 1. The Morgan fingerprint density at radius 3 is 1.58 bits per heavy atom. The molecule has 0 fully saturated rings. The van der Waals surface area contributed by atoms with Crippen LogP contribution in [-0.4, -0.2) is 74.6 Å². The second-order valence-corrected chi connectivity index (χ2v) is 15.3. The zero-order valence-electron chi connectivity index (χ0n) is 42.1. The molecule has 5 aromatic rings. The predicted molar refractivity (Wildman–Crippen MR) is 293 cm³/mol. The van der Waals surface area contributed by atoms with E-state index in [1.165, 1.54) is 46.3 Å². The lowest BCUT2D eigenvalue weighted by Crippen LogP contribution is -2.22. The summed E-state index contributed by atoms with van der Waals surface area (Å²) in [4.78, 5) is 20.0. The summed E-state index contributed by atoms with van der Waals surface area (Å²) in [5, 5.41) is 30.1. The van der Waals surface area contributed by atoms with Gasteiger partial charge in [-0.15, -0.1) is 0 Å². The van der Waals surface area contributed by atoms with Crippen molar-refractivity contribution in [3.05, 3.63) is 138 Å². The molecule has 12 nitrogen and oxygen atoms in total. The SMILES string of the molecule is CCC(N)=O.CCC1CNc2ccccc21.CCN.CCN=C(N)N.CCS.CCSC.CCc1ccc(O)c(O)c1.CCc1ccc(O)cc1.CCc1ccccc1.CCc1cnc[nH]1. The van der Waals surface area contributed by atoms with Gasteiger partial charge in [-0.3, -0.25) is 9.79 Å². The Bertz CT molecular complexity index is 1810. The molecule has 1 unspecified atom stereocenters. The molecule has 2 heterocycles. The molecule has 0 saturated heterocycles. The summed E-state index contributed by atoms with van der Waals surface area (Å²) in [7, 11) is 0. The molecule has 0 bridgehead atoms. The summed E-state index contributed by atoms with van der Waals surface area (Å²) in [6, 6.07) is 31.2. The molecule has 66 heavy (non-hydrogen) atoms. The van der Waals surface area contributed by atoms with Crippen molar-refractivity contribution < 1.29 is 20.1 Å². The Kier molecular flexibility index (Phi) is 50.1. The number of aromatic amines is 1. The summed E-state index contributed by atoms with van der Waals surface area (Å²) in [5.41, 5.74) is 27.1. The third-order valence-corrected chi connectivity index (χ3v) is 8.97. The van der Waals surface area contributed by atoms with Gasteiger partial charge in [-0.05, 0) is 116 Å². The average molecular weight is 953 g/mol. The molecule has 0 saturated carbocycles. The van der Waals surface area contributed by atoms with Gasteiger partial charge in [-0.25, -0.2) is 4.98 Å². The van der Waals surface area contributed by atoms with Gasteiger partial charge in [0.25, 0.3) is 0 Å². The molecule has 1 aromatic heterocycles. The van der Waals surface area contributed by atoms with E-state index in [1.54, 1.807) is 37.5 Å². The second-order valence-electron chi connectivity index (χ2n) is 13.6. The Labute approximate surface area is 409 Å². The number of hydrogen-bond donors (Lipinski definition) is 10. The fourth-order valence-corrected chi connectivity index (χ4v) is 4.62. The number of phenols is 3. The Hall–Kier alpha value is -5.31. The highest BCUT2D eigenvalue weighted by atomic mass is 32.2. The van der Waals surface area contributed by atoms with Crippen LogP contribution in [0.1, 0.15) is 116 Å². The molecule has 1 aliphatic rings. The number of guanidine groups is 1. The zero-order valence-corrected chi connectivity index (χ0v) is 43.8. The first-order chi connectivity index (χ1) is 31.6. The topological polar surface area (TPSA) is 235 Å². The van der Waals surface area contributed by atoms with E-state index in [-0.39, 0.29) is 23.4 Å². The number of aromatic nitrogens is 2. The van der Waals surface area contributed by atoms with E-state index in [4.69, 9.17) is 32.5 Å². The molecule has 13 N–H and O–H groups in total. The van der Waals surface area contributed by atoms with Crippen LogP contribution in [0.25, 0.3) is 0 Å². The number of nitrogens with two attached hydrogens (primary N) is 4. The first-order valence-electron chi connectivity index (χ1n) is 22.9. The Morgan fingerprint density at radius 2 is 1.23 bits per heavy atom. The van der Waals surface area contributed by atoms with Crippen molar-refractivity contribution in [2.45, 2.75) is 114 Å². The van der Waals surface area contributed by atoms with Gasteiger partial charge in [0.1, 0.15) is 5.75 Å². The number of phenolic OH excluding ortho intramolecular Hbond substituents is 3. The number of aromatic hydroxyl groups is 3. The lowest BCUT2D eigenvalue weighted by Gasteiger charge is -2.04. The summed E-state index contributed by atoms with van der Waals surface area (Å²) in [6.45, 7) is 22.8. The number of aryl methyl sites for hydroxylation is 4. The van der Waals surface area contributed by atoms with Crippen LogP contribution in [0.4, 0.5) is 5.69 Å². The van der Waals surface area contributed by atoms with E-state index < -0.39 is 0 Å². The summed E-state index contributed by atoms with van der Waals surface area (Å²) >= 11 is 5.65. The minimum atomic E-state index is -0.245. The van der Waals surface area contributed by atoms with Crippen LogP contribution in [0.3, 0.4) is 0 Å². The van der Waals surface area contributed by atoms with E-state index in [9.17, 15) is 4.79 Å². The highest BCUT2D eigenvalue weighted by molar-refractivity contribution is 7.98. The first-order valence-corrected chi connectivity index (χ1v) is 24.9. The zero-order chi connectivity index (χ0) is 51.0. The molecule has 4 aromatic carbocycles. The van der Waals surface area contributed by atoms with Crippen LogP contribution in [-0.2, 0) is 30.5 Å². The fourth-order valence-electron chi connectivity index (χ4n) is 4.62. The van der Waals surface area contributed by atoms with Gasteiger partial charge in [0.2, 0.25) is 5.91 Å². The van der Waals surface area contributed by atoms with Crippen LogP contribution in [0.15, 0.2) is 115 Å². The van der Waals surface area contributed by atoms with Crippen LogP contribution in [0, 0.1) is 0 Å². The van der Waals surface area contributed by atoms with Gasteiger partial charge in [0.05, 0.1) is 6.33 Å². The van der Waals surface area contributed by atoms with Gasteiger partial charge in [0, 0.05) is 43.0 Å². The maximum Gasteiger partial charge on any atom is 0.217 e. The van der Waals surface area contributed by atoms with Crippen LogP contribution in [0.5, 0.6) is 17.2 Å². The van der Waals surface area contributed by atoms with Crippen molar-refractivity contribution >= 4 is 41.9 Å². The molecule has 0 radical (unpaired) electrons. The van der Waals surface area contributed by atoms with E-state index in [0.717, 1.165) is 56.0 Å². The van der Waals surface area contributed by atoms with E-state index >= 15 is 0 Å². The number of fused-ring (bicyclic) bond motifs is 1. The number of benzene rings is 4. The summed E-state index contributed by atoms with van der Waals surface area (Å²) in [5.74, 6) is 3.08. The number of primary amides is 1. The number of H-pyrrole nitrogens is 1. The Balaban J connectivity index is -0.000000332. The number of thioether (sulfide) groups is 1. The monoisotopic (exact) mass is 953 g/mol. The number of hydrogen-bond acceptors (Lipinski definition) is 10. The van der Waals surface area contributed by atoms with E-state index in [2.05, 4.69) is 128 Å².